The van der Waals surface area contributed by atoms with Gasteiger partial charge < -0.3 is 8.83 Å². The molecule has 0 radical (unpaired) electrons. The van der Waals surface area contributed by atoms with E-state index in [0.29, 0.717) is 60.8 Å². The largest absolute Gasteiger partial charge is 0.422 e. The number of halogens is 2. The van der Waals surface area contributed by atoms with Crippen LogP contribution in [0.4, 0.5) is 0 Å². The monoisotopic (exact) mass is 632 g/mol. The van der Waals surface area contributed by atoms with Gasteiger partial charge in [-0.25, -0.2) is 19.0 Å². The van der Waals surface area contributed by atoms with Crippen LogP contribution in [0.25, 0.3) is 55.1 Å². The Labute approximate surface area is 264 Å². The Kier molecular flexibility index (Phi) is 6.20. The minimum Gasteiger partial charge on any atom is -0.422 e. The molecule has 0 amide bonds. The molecule has 0 bridgehead atoms. The Hall–Kier alpha value is -5.18. The number of aromatic nitrogens is 4. The summed E-state index contributed by atoms with van der Waals surface area (Å²) in [5, 5.41) is 13.0. The Morgan fingerprint density at radius 3 is 1.40 bits per heavy atom. The van der Waals surface area contributed by atoms with Gasteiger partial charge >= 0.3 is 11.3 Å². The topological polar surface area (TPSA) is 96.1 Å². The minimum atomic E-state index is -0.435. The standard InChI is InChI=1S/C35H22Cl2N4O4/c1-18-30-32(40(38-18)24-9-5-22(36)6-10-24)26-16-20(3-13-28(26)44-34(30)42)15-21-4-14-29-27(17-21)33-31(35(43)45-29)19(2)39-41(33)25-11-7-23(37)8-12-25/h3-14,16-17H,15H2,1-2H3. The molecule has 45 heavy (non-hydrogen) atoms. The van der Waals surface area contributed by atoms with Gasteiger partial charge in [0.05, 0.1) is 33.8 Å². The van der Waals surface area contributed by atoms with Crippen molar-refractivity contribution < 1.29 is 8.83 Å². The zero-order valence-corrected chi connectivity index (χ0v) is 25.5. The van der Waals surface area contributed by atoms with Crippen LogP contribution in [-0.2, 0) is 6.42 Å². The molecule has 0 saturated carbocycles. The molecule has 8 nitrogen and oxygen atoms in total. The first-order valence-electron chi connectivity index (χ1n) is 14.2. The van der Waals surface area contributed by atoms with Crippen molar-refractivity contribution in [2.45, 2.75) is 20.3 Å². The normalized spacial score (nSPS) is 11.8. The van der Waals surface area contributed by atoms with Gasteiger partial charge in [0.15, 0.2) is 0 Å². The van der Waals surface area contributed by atoms with Gasteiger partial charge in [-0.2, -0.15) is 10.2 Å². The van der Waals surface area contributed by atoms with Crippen LogP contribution in [-0.4, -0.2) is 19.6 Å². The molecule has 4 aromatic heterocycles. The fraction of sp³-hybridized carbons (Fsp3) is 0.0857. The smallest absolute Gasteiger partial charge is 0.347 e. The highest BCUT2D eigenvalue weighted by molar-refractivity contribution is 6.30. The summed E-state index contributed by atoms with van der Waals surface area (Å²) in [6.07, 6.45) is 0.565. The lowest BCUT2D eigenvalue weighted by atomic mass is 10.0. The van der Waals surface area contributed by atoms with Crippen molar-refractivity contribution in [2.75, 3.05) is 0 Å². The third-order valence-corrected chi connectivity index (χ3v) is 8.59. The molecule has 8 rings (SSSR count). The van der Waals surface area contributed by atoms with E-state index < -0.39 is 11.3 Å². The molecule has 0 saturated heterocycles. The average Bonchev–Trinajstić information content (AvgIpc) is 3.57. The van der Waals surface area contributed by atoms with E-state index in [0.717, 1.165) is 33.3 Å². The molecule has 0 fully saturated rings. The summed E-state index contributed by atoms with van der Waals surface area (Å²) < 4.78 is 15.0. The van der Waals surface area contributed by atoms with Crippen LogP contribution in [0.15, 0.2) is 103 Å². The maximum absolute atomic E-state index is 13.0. The molecule has 10 heteroatoms. The van der Waals surface area contributed by atoms with E-state index in [1.165, 1.54) is 0 Å². The number of benzene rings is 4. The maximum Gasteiger partial charge on any atom is 0.347 e. The van der Waals surface area contributed by atoms with Gasteiger partial charge in [-0.15, -0.1) is 0 Å². The first-order chi connectivity index (χ1) is 21.7. The predicted octanol–water partition coefficient (Wildman–Crippen LogP) is 8.09. The molecule has 220 valence electrons. The van der Waals surface area contributed by atoms with Crippen molar-refractivity contribution in [3.63, 3.8) is 0 Å². The van der Waals surface area contributed by atoms with Gasteiger partial charge in [-0.1, -0.05) is 35.3 Å². The Balaban J connectivity index is 1.29. The van der Waals surface area contributed by atoms with Crippen LogP contribution in [0.1, 0.15) is 22.5 Å². The van der Waals surface area contributed by atoms with Crippen molar-refractivity contribution >= 4 is 66.9 Å². The third kappa shape index (κ3) is 4.44. The number of rotatable bonds is 4. The van der Waals surface area contributed by atoms with Gasteiger partial charge in [0, 0.05) is 20.8 Å². The molecule has 0 N–H and O–H groups in total. The summed E-state index contributed by atoms with van der Waals surface area (Å²) in [5.74, 6) is 0. The first-order valence-corrected chi connectivity index (χ1v) is 14.9. The number of aryl methyl sites for hydroxylation is 2. The second-order valence-corrected chi connectivity index (χ2v) is 11.9. The van der Waals surface area contributed by atoms with E-state index in [1.54, 1.807) is 47.5 Å². The fourth-order valence-electron chi connectivity index (χ4n) is 6.04. The second kappa shape index (κ2) is 10.2. The average molecular weight is 633 g/mol. The number of hydrogen-bond donors (Lipinski definition) is 0. The van der Waals surface area contributed by atoms with Crippen molar-refractivity contribution in [2.24, 2.45) is 0 Å². The summed E-state index contributed by atoms with van der Waals surface area (Å²) in [4.78, 5) is 26.0. The first kappa shape index (κ1) is 27.4. The zero-order valence-electron chi connectivity index (χ0n) is 24.0. The molecule has 0 atom stereocenters. The molecule has 4 aromatic carbocycles. The molecule has 0 aliphatic heterocycles. The van der Waals surface area contributed by atoms with Crippen molar-refractivity contribution in [3.05, 3.63) is 138 Å². The molecule has 8 aromatic rings. The molecule has 4 heterocycles. The SMILES string of the molecule is Cc1nn(-c2ccc(Cl)cc2)c2c1c(=O)oc1ccc(Cc3ccc4oc(=O)c5c(C)nn(-c6ccc(Cl)cc6)c5c4c3)cc12. The van der Waals surface area contributed by atoms with Crippen LogP contribution in [0.5, 0.6) is 0 Å². The molecule has 0 aliphatic carbocycles. The van der Waals surface area contributed by atoms with Gasteiger partial charge in [0.2, 0.25) is 0 Å². The number of hydrogen-bond acceptors (Lipinski definition) is 6. The van der Waals surface area contributed by atoms with Crippen LogP contribution < -0.4 is 11.3 Å². The van der Waals surface area contributed by atoms with E-state index in [4.69, 9.17) is 32.0 Å². The third-order valence-electron chi connectivity index (χ3n) is 8.08. The van der Waals surface area contributed by atoms with E-state index in [1.807, 2.05) is 60.7 Å². The molecule has 0 aliphatic rings. The van der Waals surface area contributed by atoms with Crippen LogP contribution in [0, 0.1) is 13.8 Å². The zero-order chi connectivity index (χ0) is 31.0. The summed E-state index contributed by atoms with van der Waals surface area (Å²) in [6, 6.07) is 26.2. The van der Waals surface area contributed by atoms with Crippen molar-refractivity contribution in [1.29, 1.82) is 0 Å². The Bertz CT molecular complexity index is 2410. The lowest BCUT2D eigenvalue weighted by Gasteiger charge is -2.09. The van der Waals surface area contributed by atoms with Crippen LogP contribution >= 0.6 is 23.2 Å². The number of fused-ring (bicyclic) bond motifs is 6. The van der Waals surface area contributed by atoms with Gasteiger partial charge in [-0.05, 0) is 104 Å². The van der Waals surface area contributed by atoms with E-state index >= 15 is 0 Å². The fourth-order valence-corrected chi connectivity index (χ4v) is 6.29. The van der Waals surface area contributed by atoms with Crippen molar-refractivity contribution in [3.8, 4) is 11.4 Å². The molecule has 0 unspecified atom stereocenters. The highest BCUT2D eigenvalue weighted by Crippen LogP contribution is 2.32. The van der Waals surface area contributed by atoms with Crippen LogP contribution in [0.3, 0.4) is 0 Å². The molecular formula is C35H22Cl2N4O4. The lowest BCUT2D eigenvalue weighted by Crippen LogP contribution is -2.03. The molecular weight excluding hydrogens is 611 g/mol. The van der Waals surface area contributed by atoms with Gasteiger partial charge in [0.1, 0.15) is 21.9 Å². The Morgan fingerprint density at radius 1 is 0.600 bits per heavy atom. The van der Waals surface area contributed by atoms with E-state index in [9.17, 15) is 9.59 Å². The summed E-state index contributed by atoms with van der Waals surface area (Å²) >= 11 is 12.3. The summed E-state index contributed by atoms with van der Waals surface area (Å²) in [6.45, 7) is 3.60. The quantitative estimate of drug-likeness (QED) is 0.182. The highest BCUT2D eigenvalue weighted by atomic mass is 35.5. The number of nitrogens with zero attached hydrogens (tertiary/aromatic N) is 4. The molecule has 0 spiro atoms. The lowest BCUT2D eigenvalue weighted by molar-refractivity contribution is 0.569. The summed E-state index contributed by atoms with van der Waals surface area (Å²) in [7, 11) is 0. The van der Waals surface area contributed by atoms with Crippen LogP contribution in [0.2, 0.25) is 10.0 Å². The Morgan fingerprint density at radius 2 is 1.00 bits per heavy atom. The second-order valence-electron chi connectivity index (χ2n) is 11.0. The predicted molar refractivity (Wildman–Crippen MR) is 177 cm³/mol. The summed E-state index contributed by atoms with van der Waals surface area (Å²) in [5.41, 5.74) is 6.12. The van der Waals surface area contributed by atoms with Gasteiger partial charge in [0.25, 0.3) is 0 Å². The van der Waals surface area contributed by atoms with E-state index in [-0.39, 0.29) is 0 Å². The van der Waals surface area contributed by atoms with Gasteiger partial charge in [-0.3, -0.25) is 0 Å². The van der Waals surface area contributed by atoms with E-state index in [2.05, 4.69) is 10.2 Å². The highest BCUT2D eigenvalue weighted by Gasteiger charge is 2.20. The van der Waals surface area contributed by atoms with Crippen molar-refractivity contribution in [1.82, 2.24) is 19.6 Å². The maximum atomic E-state index is 13.0. The minimum absolute atomic E-state index is 0.434.